The van der Waals surface area contributed by atoms with E-state index in [1.165, 1.54) is 12.1 Å². The summed E-state index contributed by atoms with van der Waals surface area (Å²) in [5.41, 5.74) is 3.31. The van der Waals surface area contributed by atoms with E-state index in [1.807, 2.05) is 23.1 Å². The summed E-state index contributed by atoms with van der Waals surface area (Å²) in [7, 11) is -3.29. The molecule has 2 aromatic carbocycles. The average Bonchev–Trinajstić information content (AvgIpc) is 3.12. The van der Waals surface area contributed by atoms with E-state index < -0.39 is 15.7 Å². The van der Waals surface area contributed by atoms with Crippen LogP contribution < -0.4 is 19.9 Å². The summed E-state index contributed by atoms with van der Waals surface area (Å²) in [5.74, 6) is 0.842. The van der Waals surface area contributed by atoms with Gasteiger partial charge in [0.05, 0.1) is 4.90 Å². The molecular weight excluding hydrogens is 372 g/mol. The van der Waals surface area contributed by atoms with Crippen molar-refractivity contribution in [3.63, 3.8) is 0 Å². The third kappa shape index (κ3) is 4.69. The summed E-state index contributed by atoms with van der Waals surface area (Å²) < 4.78 is 34.0. The fraction of sp³-hybridized carbons (Fsp3) is 0.278. The Morgan fingerprint density at radius 3 is 2.52 bits per heavy atom. The summed E-state index contributed by atoms with van der Waals surface area (Å²) in [6.45, 7) is 0.985. The molecule has 3 rings (SSSR count). The SMILES string of the molecule is CS(=O)(=O)c1ccc(N(CCC(=O)NO)Cc2ccc3c(c2)OCO3)cc1. The maximum Gasteiger partial charge on any atom is 0.245 e. The minimum Gasteiger partial charge on any atom is -0.454 e. The number of amides is 1. The average molecular weight is 392 g/mol. The standard InChI is InChI=1S/C18H20N2O6S/c1-27(23,24)15-5-3-14(4-6-15)20(9-8-18(21)19-22)11-13-2-7-16-17(10-13)26-12-25-16/h2-7,10,22H,8-9,11-12H2,1H3,(H,19,21). The molecule has 0 saturated carbocycles. The van der Waals surface area contributed by atoms with Crippen LogP contribution in [0, 0.1) is 0 Å². The number of carbonyl (C=O) groups excluding carboxylic acids is 1. The van der Waals surface area contributed by atoms with E-state index in [0.29, 0.717) is 24.6 Å². The maximum absolute atomic E-state index is 11.6. The van der Waals surface area contributed by atoms with E-state index in [0.717, 1.165) is 17.5 Å². The van der Waals surface area contributed by atoms with Crippen molar-refractivity contribution in [2.75, 3.05) is 24.5 Å². The largest absolute Gasteiger partial charge is 0.454 e. The molecule has 0 bridgehead atoms. The lowest BCUT2D eigenvalue weighted by atomic mass is 10.1. The number of rotatable bonds is 7. The monoisotopic (exact) mass is 392 g/mol. The van der Waals surface area contributed by atoms with Crippen molar-refractivity contribution in [1.82, 2.24) is 5.48 Å². The zero-order chi connectivity index (χ0) is 19.4. The molecule has 27 heavy (non-hydrogen) atoms. The Bertz CT molecular complexity index is 927. The predicted octanol–water partition coefficient (Wildman–Crippen LogP) is 1.72. The Kier molecular flexibility index (Phi) is 5.52. The smallest absolute Gasteiger partial charge is 0.245 e. The van der Waals surface area contributed by atoms with Crippen LogP contribution in [0.25, 0.3) is 0 Å². The van der Waals surface area contributed by atoms with Crippen molar-refractivity contribution in [1.29, 1.82) is 0 Å². The Morgan fingerprint density at radius 2 is 1.85 bits per heavy atom. The molecule has 9 heteroatoms. The molecule has 2 N–H and O–H groups in total. The minimum absolute atomic E-state index is 0.0783. The summed E-state index contributed by atoms with van der Waals surface area (Å²) in [4.78, 5) is 13.6. The molecule has 0 atom stereocenters. The number of nitrogens with one attached hydrogen (secondary N) is 1. The number of anilines is 1. The lowest BCUT2D eigenvalue weighted by Crippen LogP contribution is -2.29. The molecular formula is C18H20N2O6S. The van der Waals surface area contributed by atoms with Crippen molar-refractivity contribution < 1.29 is 27.9 Å². The summed E-state index contributed by atoms with van der Waals surface area (Å²) >= 11 is 0. The van der Waals surface area contributed by atoms with Crippen molar-refractivity contribution in [3.05, 3.63) is 48.0 Å². The zero-order valence-corrected chi connectivity index (χ0v) is 15.5. The Labute approximate surface area is 157 Å². The van der Waals surface area contributed by atoms with Gasteiger partial charge in [-0.3, -0.25) is 10.0 Å². The van der Waals surface area contributed by atoms with Crippen LogP contribution in [0.1, 0.15) is 12.0 Å². The number of fused-ring (bicyclic) bond motifs is 1. The van der Waals surface area contributed by atoms with Gasteiger partial charge in [0.15, 0.2) is 21.3 Å². The van der Waals surface area contributed by atoms with Gasteiger partial charge in [0.25, 0.3) is 0 Å². The number of hydroxylamine groups is 1. The lowest BCUT2D eigenvalue weighted by molar-refractivity contribution is -0.129. The molecule has 0 aromatic heterocycles. The molecule has 144 valence electrons. The lowest BCUT2D eigenvalue weighted by Gasteiger charge is -2.25. The first-order chi connectivity index (χ1) is 12.9. The first-order valence-corrected chi connectivity index (χ1v) is 10.1. The van der Waals surface area contributed by atoms with Gasteiger partial charge < -0.3 is 14.4 Å². The van der Waals surface area contributed by atoms with Crippen LogP contribution in [0.3, 0.4) is 0 Å². The quantitative estimate of drug-likeness (QED) is 0.546. The highest BCUT2D eigenvalue weighted by atomic mass is 32.2. The zero-order valence-electron chi connectivity index (χ0n) is 14.7. The highest BCUT2D eigenvalue weighted by Crippen LogP contribution is 2.33. The molecule has 0 aliphatic carbocycles. The van der Waals surface area contributed by atoms with Gasteiger partial charge in [0, 0.05) is 31.5 Å². The summed E-state index contributed by atoms with van der Waals surface area (Å²) in [6, 6.07) is 12.0. The second kappa shape index (κ2) is 7.85. The number of nitrogens with zero attached hydrogens (tertiary/aromatic N) is 1. The van der Waals surface area contributed by atoms with E-state index in [4.69, 9.17) is 14.7 Å². The fourth-order valence-corrected chi connectivity index (χ4v) is 3.39. The van der Waals surface area contributed by atoms with Crippen LogP contribution in [0.15, 0.2) is 47.4 Å². The maximum atomic E-state index is 11.6. The number of hydrogen-bond donors (Lipinski definition) is 2. The molecule has 1 aliphatic heterocycles. The van der Waals surface area contributed by atoms with Gasteiger partial charge in [0.1, 0.15) is 0 Å². The minimum atomic E-state index is -3.29. The van der Waals surface area contributed by atoms with Crippen molar-refractivity contribution in [3.8, 4) is 11.5 Å². The normalized spacial score (nSPS) is 12.7. The van der Waals surface area contributed by atoms with Crippen LogP contribution >= 0.6 is 0 Å². The Hall–Kier alpha value is -2.78. The summed E-state index contributed by atoms with van der Waals surface area (Å²) in [6.07, 6.45) is 1.23. The molecule has 8 nitrogen and oxygen atoms in total. The number of ether oxygens (including phenoxy) is 2. The predicted molar refractivity (Wildman–Crippen MR) is 97.7 cm³/mol. The van der Waals surface area contributed by atoms with Gasteiger partial charge in [-0.2, -0.15) is 0 Å². The van der Waals surface area contributed by atoms with Crippen molar-refractivity contribution in [2.24, 2.45) is 0 Å². The van der Waals surface area contributed by atoms with E-state index >= 15 is 0 Å². The van der Waals surface area contributed by atoms with Gasteiger partial charge >= 0.3 is 0 Å². The number of benzene rings is 2. The molecule has 0 saturated heterocycles. The summed E-state index contributed by atoms with van der Waals surface area (Å²) in [5, 5.41) is 8.72. The molecule has 1 amide bonds. The highest BCUT2D eigenvalue weighted by molar-refractivity contribution is 7.90. The van der Waals surface area contributed by atoms with Crippen molar-refractivity contribution in [2.45, 2.75) is 17.9 Å². The molecule has 1 aliphatic rings. The van der Waals surface area contributed by atoms with Crippen LogP contribution in [0.5, 0.6) is 11.5 Å². The fourth-order valence-electron chi connectivity index (χ4n) is 2.76. The van der Waals surface area contributed by atoms with E-state index in [2.05, 4.69) is 0 Å². The molecule has 0 fully saturated rings. The Morgan fingerprint density at radius 1 is 1.15 bits per heavy atom. The van der Waals surface area contributed by atoms with E-state index in [-0.39, 0.29) is 18.1 Å². The number of sulfone groups is 1. The van der Waals surface area contributed by atoms with Crippen molar-refractivity contribution >= 4 is 21.4 Å². The number of hydrogen-bond acceptors (Lipinski definition) is 7. The molecule has 2 aromatic rings. The molecule has 0 spiro atoms. The van der Waals surface area contributed by atoms with E-state index in [9.17, 15) is 13.2 Å². The molecule has 0 radical (unpaired) electrons. The van der Waals surface area contributed by atoms with E-state index in [1.54, 1.807) is 17.6 Å². The first-order valence-electron chi connectivity index (χ1n) is 8.23. The highest BCUT2D eigenvalue weighted by Gasteiger charge is 2.16. The van der Waals surface area contributed by atoms with Crippen LogP contribution in [0.2, 0.25) is 0 Å². The van der Waals surface area contributed by atoms with Gasteiger partial charge in [0.2, 0.25) is 12.7 Å². The Balaban J connectivity index is 1.83. The third-order valence-electron chi connectivity index (χ3n) is 4.17. The van der Waals surface area contributed by atoms with Gasteiger partial charge in [-0.05, 0) is 42.0 Å². The second-order valence-corrected chi connectivity index (χ2v) is 8.18. The van der Waals surface area contributed by atoms with Crippen LogP contribution in [0.4, 0.5) is 5.69 Å². The third-order valence-corrected chi connectivity index (χ3v) is 5.30. The first kappa shape index (κ1) is 19.0. The van der Waals surface area contributed by atoms with Gasteiger partial charge in [-0.25, -0.2) is 13.9 Å². The second-order valence-electron chi connectivity index (χ2n) is 6.16. The molecule has 1 heterocycles. The van der Waals surface area contributed by atoms with Crippen LogP contribution in [-0.2, 0) is 21.2 Å². The van der Waals surface area contributed by atoms with Gasteiger partial charge in [-0.15, -0.1) is 0 Å². The van der Waals surface area contributed by atoms with Gasteiger partial charge in [-0.1, -0.05) is 6.07 Å². The van der Waals surface area contributed by atoms with Crippen LogP contribution in [-0.4, -0.2) is 39.1 Å². The number of carbonyl (C=O) groups is 1. The molecule has 0 unspecified atom stereocenters. The topological polar surface area (TPSA) is 105 Å².